The molecule has 74 valence electrons. The van der Waals surface area contributed by atoms with Crippen molar-refractivity contribution in [3.05, 3.63) is 29.2 Å². The smallest absolute Gasteiger partial charge is 0.161 e. The minimum atomic E-state index is 0.800. The largest absolute Gasteiger partial charge is 0.493 e. The van der Waals surface area contributed by atoms with Crippen molar-refractivity contribution in [1.82, 2.24) is 0 Å². The Morgan fingerprint density at radius 2 is 1.86 bits per heavy atom. The molecular formula is C11H12O2S. The maximum atomic E-state index is 5.24. The van der Waals surface area contributed by atoms with Crippen LogP contribution in [-0.4, -0.2) is 14.2 Å². The Bertz CT molecular complexity index is 337. The molecule has 0 atom stereocenters. The third-order valence-electron chi connectivity index (χ3n) is 2.20. The van der Waals surface area contributed by atoms with Crippen molar-refractivity contribution in [3.63, 3.8) is 0 Å². The molecule has 0 spiro atoms. The zero-order valence-electron chi connectivity index (χ0n) is 8.24. The fourth-order valence-corrected chi connectivity index (χ4v) is 2.28. The molecule has 1 aliphatic rings. The van der Waals surface area contributed by atoms with Crippen molar-refractivity contribution in [2.75, 3.05) is 14.2 Å². The Kier molecular flexibility index (Phi) is 2.68. The molecule has 0 aromatic heterocycles. The van der Waals surface area contributed by atoms with E-state index >= 15 is 0 Å². The van der Waals surface area contributed by atoms with Gasteiger partial charge in [-0.05, 0) is 29.5 Å². The maximum Gasteiger partial charge on any atom is 0.161 e. The summed E-state index contributed by atoms with van der Waals surface area (Å²) in [6.07, 6.45) is 3.13. The summed E-state index contributed by atoms with van der Waals surface area (Å²) < 4.78 is 10.5. The third-order valence-corrected chi connectivity index (χ3v) is 3.16. The maximum absolute atomic E-state index is 5.24. The van der Waals surface area contributed by atoms with Crippen LogP contribution in [0.25, 0.3) is 0 Å². The van der Waals surface area contributed by atoms with Gasteiger partial charge in [0.25, 0.3) is 0 Å². The average molecular weight is 208 g/mol. The van der Waals surface area contributed by atoms with E-state index in [0.717, 1.165) is 17.9 Å². The van der Waals surface area contributed by atoms with Crippen LogP contribution in [0, 0.1) is 0 Å². The van der Waals surface area contributed by atoms with E-state index < -0.39 is 0 Å². The van der Waals surface area contributed by atoms with Gasteiger partial charge in [-0.1, -0.05) is 17.8 Å². The second-order valence-electron chi connectivity index (χ2n) is 3.01. The first-order chi connectivity index (χ1) is 6.85. The summed E-state index contributed by atoms with van der Waals surface area (Å²) in [5, 5.41) is 2.11. The summed E-state index contributed by atoms with van der Waals surface area (Å²) in [6, 6.07) is 4.08. The highest BCUT2D eigenvalue weighted by Crippen LogP contribution is 2.37. The van der Waals surface area contributed by atoms with Crippen LogP contribution in [0.2, 0.25) is 0 Å². The van der Waals surface area contributed by atoms with Gasteiger partial charge in [-0.2, -0.15) is 0 Å². The minimum Gasteiger partial charge on any atom is -0.493 e. The predicted molar refractivity (Wildman–Crippen MR) is 58.2 cm³/mol. The molecule has 0 bridgehead atoms. The first-order valence-electron chi connectivity index (χ1n) is 4.41. The predicted octanol–water partition coefficient (Wildman–Crippen LogP) is 2.87. The quantitative estimate of drug-likeness (QED) is 0.744. The van der Waals surface area contributed by atoms with Crippen molar-refractivity contribution in [1.29, 1.82) is 0 Å². The lowest BCUT2D eigenvalue weighted by atomic mass is 10.1. The topological polar surface area (TPSA) is 18.5 Å². The number of allylic oxidation sites excluding steroid dienone is 1. The molecule has 0 amide bonds. The summed E-state index contributed by atoms with van der Waals surface area (Å²) in [5.74, 6) is 1.61. The Morgan fingerprint density at radius 1 is 1.14 bits per heavy atom. The molecule has 14 heavy (non-hydrogen) atoms. The van der Waals surface area contributed by atoms with Crippen LogP contribution in [0.3, 0.4) is 0 Å². The van der Waals surface area contributed by atoms with Crippen LogP contribution in [0.4, 0.5) is 0 Å². The van der Waals surface area contributed by atoms with E-state index in [9.17, 15) is 0 Å². The van der Waals surface area contributed by atoms with Gasteiger partial charge in [0.1, 0.15) is 0 Å². The first kappa shape index (κ1) is 9.46. The molecule has 0 saturated carbocycles. The zero-order chi connectivity index (χ0) is 9.97. The molecule has 1 aliphatic heterocycles. The summed E-state index contributed by atoms with van der Waals surface area (Å²) >= 11 is 1.72. The lowest BCUT2D eigenvalue weighted by molar-refractivity contribution is 0.353. The lowest BCUT2D eigenvalue weighted by Gasteiger charge is -2.14. The van der Waals surface area contributed by atoms with Crippen molar-refractivity contribution in [2.24, 2.45) is 0 Å². The number of benzene rings is 1. The number of thioether (sulfide) groups is 1. The van der Waals surface area contributed by atoms with E-state index in [-0.39, 0.29) is 0 Å². The van der Waals surface area contributed by atoms with Crippen molar-refractivity contribution < 1.29 is 9.47 Å². The summed E-state index contributed by atoms with van der Waals surface area (Å²) in [4.78, 5) is 1.25. The van der Waals surface area contributed by atoms with E-state index in [1.807, 2.05) is 12.1 Å². The first-order valence-corrected chi connectivity index (χ1v) is 5.29. The van der Waals surface area contributed by atoms with Crippen LogP contribution < -0.4 is 9.47 Å². The van der Waals surface area contributed by atoms with Gasteiger partial charge in [0, 0.05) is 4.90 Å². The molecule has 1 heterocycles. The van der Waals surface area contributed by atoms with Gasteiger partial charge in [0.05, 0.1) is 14.2 Å². The molecule has 0 unspecified atom stereocenters. The van der Waals surface area contributed by atoms with E-state index in [4.69, 9.17) is 9.47 Å². The van der Waals surface area contributed by atoms with Crippen molar-refractivity contribution >= 4 is 11.8 Å². The average Bonchev–Trinajstić information content (AvgIpc) is 2.27. The highest BCUT2D eigenvalue weighted by molar-refractivity contribution is 8.02. The van der Waals surface area contributed by atoms with Gasteiger partial charge >= 0.3 is 0 Å². The SMILES string of the molecule is COc1cc2c(cc1OC)SC=CC2. The molecule has 0 radical (unpaired) electrons. The molecule has 0 fully saturated rings. The van der Waals surface area contributed by atoms with Gasteiger partial charge in [0.15, 0.2) is 11.5 Å². The van der Waals surface area contributed by atoms with E-state index in [1.165, 1.54) is 10.5 Å². The van der Waals surface area contributed by atoms with Crippen LogP contribution in [0.5, 0.6) is 11.5 Å². The molecule has 2 nitrogen and oxygen atoms in total. The van der Waals surface area contributed by atoms with Gasteiger partial charge < -0.3 is 9.47 Å². The molecular weight excluding hydrogens is 196 g/mol. The Morgan fingerprint density at radius 3 is 2.57 bits per heavy atom. The second-order valence-corrected chi connectivity index (χ2v) is 3.96. The van der Waals surface area contributed by atoms with Crippen molar-refractivity contribution in [3.8, 4) is 11.5 Å². The summed E-state index contributed by atoms with van der Waals surface area (Å²) in [5.41, 5.74) is 1.30. The number of fused-ring (bicyclic) bond motifs is 1. The minimum absolute atomic E-state index is 0.800. The van der Waals surface area contributed by atoms with Gasteiger partial charge in [-0.25, -0.2) is 0 Å². The van der Waals surface area contributed by atoms with Crippen LogP contribution in [0.1, 0.15) is 5.56 Å². The third kappa shape index (κ3) is 1.60. The standard InChI is InChI=1S/C11H12O2S/c1-12-9-6-8-4-3-5-14-11(8)7-10(9)13-2/h3,5-7H,4H2,1-2H3. The van der Waals surface area contributed by atoms with Gasteiger partial charge in [-0.15, -0.1) is 0 Å². The van der Waals surface area contributed by atoms with E-state index in [1.54, 1.807) is 26.0 Å². The molecule has 0 saturated heterocycles. The normalized spacial score (nSPS) is 13.6. The number of hydrogen-bond acceptors (Lipinski definition) is 3. The van der Waals surface area contributed by atoms with E-state index in [2.05, 4.69) is 11.5 Å². The van der Waals surface area contributed by atoms with Crippen LogP contribution in [0.15, 0.2) is 28.5 Å². The van der Waals surface area contributed by atoms with Crippen LogP contribution >= 0.6 is 11.8 Å². The fourth-order valence-electron chi connectivity index (χ4n) is 1.47. The molecule has 2 rings (SSSR count). The second kappa shape index (κ2) is 3.96. The zero-order valence-corrected chi connectivity index (χ0v) is 9.06. The summed E-state index contributed by atoms with van der Waals surface area (Å²) in [6.45, 7) is 0. The molecule has 3 heteroatoms. The highest BCUT2D eigenvalue weighted by atomic mass is 32.2. The fraction of sp³-hybridized carbons (Fsp3) is 0.273. The lowest BCUT2D eigenvalue weighted by Crippen LogP contribution is -1.95. The highest BCUT2D eigenvalue weighted by Gasteiger charge is 2.11. The molecule has 0 aliphatic carbocycles. The Hall–Kier alpha value is -1.09. The van der Waals surface area contributed by atoms with Gasteiger partial charge in [0.2, 0.25) is 0 Å². The number of ether oxygens (including phenoxy) is 2. The Labute approximate surface area is 87.9 Å². The van der Waals surface area contributed by atoms with Crippen LogP contribution in [-0.2, 0) is 6.42 Å². The van der Waals surface area contributed by atoms with Gasteiger partial charge in [-0.3, -0.25) is 0 Å². The van der Waals surface area contributed by atoms with E-state index in [0.29, 0.717) is 0 Å². The van der Waals surface area contributed by atoms with Crippen molar-refractivity contribution in [2.45, 2.75) is 11.3 Å². The summed E-state index contributed by atoms with van der Waals surface area (Å²) in [7, 11) is 3.32. The molecule has 1 aromatic carbocycles. The monoisotopic (exact) mass is 208 g/mol. The number of methoxy groups -OCH3 is 2. The Balaban J connectivity index is 2.46. The number of rotatable bonds is 2. The number of hydrogen-bond donors (Lipinski definition) is 0. The molecule has 0 N–H and O–H groups in total. The molecule has 1 aromatic rings.